The second-order valence-corrected chi connectivity index (χ2v) is 6.80. The van der Waals surface area contributed by atoms with Crippen LogP contribution in [0.5, 0.6) is 0 Å². The molecule has 24 heavy (non-hydrogen) atoms. The average Bonchev–Trinajstić information content (AvgIpc) is 2.50. The summed E-state index contributed by atoms with van der Waals surface area (Å²) in [6.07, 6.45) is 4.91. The second-order valence-electron chi connectivity index (χ2n) is 6.80. The maximum absolute atomic E-state index is 11.6. The van der Waals surface area contributed by atoms with Crippen LogP contribution in [0.1, 0.15) is 37.5 Å². The van der Waals surface area contributed by atoms with Gasteiger partial charge in [0.2, 0.25) is 0 Å². The first-order valence-electron chi connectivity index (χ1n) is 8.06. The summed E-state index contributed by atoms with van der Waals surface area (Å²) in [6, 6.07) is 10.1. The minimum absolute atomic E-state index is 0.402. The number of rotatable bonds is 5. The fraction of sp³-hybridized carbons (Fsp3) is 0.368. The van der Waals surface area contributed by atoms with Crippen LogP contribution >= 0.6 is 0 Å². The molecule has 0 saturated carbocycles. The van der Waals surface area contributed by atoms with E-state index < -0.39 is 11.7 Å². The van der Waals surface area contributed by atoms with Gasteiger partial charge in [-0.25, -0.2) is 4.79 Å². The number of pyridine rings is 1. The van der Waals surface area contributed by atoms with Crippen LogP contribution in [0.25, 0.3) is 0 Å². The normalized spacial score (nSPS) is 11.1. The molecule has 3 N–H and O–H groups in total. The van der Waals surface area contributed by atoms with Crippen molar-refractivity contribution in [2.24, 2.45) is 0 Å². The molecule has 1 aromatic carbocycles. The average molecular weight is 327 g/mol. The third-order valence-electron chi connectivity index (χ3n) is 3.38. The number of aryl methyl sites for hydroxylation is 2. The first kappa shape index (κ1) is 17.8. The minimum atomic E-state index is -0.483. The molecule has 0 fully saturated rings. The summed E-state index contributed by atoms with van der Waals surface area (Å²) in [5.41, 5.74) is 9.35. The maximum atomic E-state index is 11.6. The minimum Gasteiger partial charge on any atom is -0.444 e. The molecule has 1 heterocycles. The third-order valence-corrected chi connectivity index (χ3v) is 3.38. The SMILES string of the molecule is CC(C)(C)OC(=O)NCc1ccc(CCc2cncc(N)c2)cc1. The largest absolute Gasteiger partial charge is 0.444 e. The predicted octanol–water partition coefficient (Wildman–Crippen LogP) is 3.47. The van der Waals surface area contributed by atoms with Gasteiger partial charge in [-0.2, -0.15) is 0 Å². The molecule has 0 radical (unpaired) electrons. The number of benzene rings is 1. The van der Waals surface area contributed by atoms with E-state index in [1.54, 1.807) is 6.20 Å². The number of hydrogen-bond acceptors (Lipinski definition) is 4. The van der Waals surface area contributed by atoms with E-state index >= 15 is 0 Å². The smallest absolute Gasteiger partial charge is 0.407 e. The lowest BCUT2D eigenvalue weighted by molar-refractivity contribution is 0.0523. The van der Waals surface area contributed by atoms with Gasteiger partial charge in [0.05, 0.1) is 5.69 Å². The Labute approximate surface area is 143 Å². The zero-order valence-electron chi connectivity index (χ0n) is 14.5. The highest BCUT2D eigenvalue weighted by molar-refractivity contribution is 5.67. The highest BCUT2D eigenvalue weighted by Crippen LogP contribution is 2.11. The summed E-state index contributed by atoms with van der Waals surface area (Å²) >= 11 is 0. The lowest BCUT2D eigenvalue weighted by atomic mass is 10.0. The first-order valence-corrected chi connectivity index (χ1v) is 8.06. The number of hydrogen-bond donors (Lipinski definition) is 2. The molecule has 0 bridgehead atoms. The molecule has 5 nitrogen and oxygen atoms in total. The van der Waals surface area contributed by atoms with Crippen LogP contribution < -0.4 is 11.1 Å². The van der Waals surface area contributed by atoms with Gasteiger partial charge in [-0.05, 0) is 56.4 Å². The van der Waals surface area contributed by atoms with Crippen LogP contribution in [0.3, 0.4) is 0 Å². The zero-order chi connectivity index (χ0) is 17.6. The van der Waals surface area contributed by atoms with E-state index in [1.807, 2.05) is 45.2 Å². The number of nitrogens with two attached hydrogens (primary N) is 1. The van der Waals surface area contributed by atoms with Crippen molar-refractivity contribution in [3.8, 4) is 0 Å². The molecular weight excluding hydrogens is 302 g/mol. The number of nitrogen functional groups attached to an aromatic ring is 1. The molecule has 0 aliphatic carbocycles. The van der Waals surface area contributed by atoms with Gasteiger partial charge in [0.1, 0.15) is 5.60 Å². The number of carbonyl (C=O) groups excluding carboxylic acids is 1. The summed E-state index contributed by atoms with van der Waals surface area (Å²) in [4.78, 5) is 15.7. The first-order chi connectivity index (χ1) is 11.3. The van der Waals surface area contributed by atoms with E-state index in [2.05, 4.69) is 22.4 Å². The van der Waals surface area contributed by atoms with Gasteiger partial charge in [-0.3, -0.25) is 4.98 Å². The Morgan fingerprint density at radius 3 is 2.33 bits per heavy atom. The van der Waals surface area contributed by atoms with E-state index in [4.69, 9.17) is 10.5 Å². The van der Waals surface area contributed by atoms with Crippen LogP contribution in [0.4, 0.5) is 10.5 Å². The number of alkyl carbamates (subject to hydrolysis) is 1. The van der Waals surface area contributed by atoms with Gasteiger partial charge in [0.25, 0.3) is 0 Å². The molecule has 5 heteroatoms. The Morgan fingerprint density at radius 1 is 1.08 bits per heavy atom. The summed E-state index contributed by atoms with van der Waals surface area (Å²) in [7, 11) is 0. The quantitative estimate of drug-likeness (QED) is 0.881. The number of nitrogens with zero attached hydrogens (tertiary/aromatic N) is 1. The zero-order valence-corrected chi connectivity index (χ0v) is 14.5. The molecule has 0 spiro atoms. The van der Waals surface area contributed by atoms with Crippen molar-refractivity contribution in [2.45, 2.75) is 45.8 Å². The highest BCUT2D eigenvalue weighted by atomic mass is 16.6. The van der Waals surface area contributed by atoms with Crippen molar-refractivity contribution in [1.82, 2.24) is 10.3 Å². The van der Waals surface area contributed by atoms with Gasteiger partial charge in [-0.1, -0.05) is 24.3 Å². The lowest BCUT2D eigenvalue weighted by Crippen LogP contribution is -2.32. The van der Waals surface area contributed by atoms with Gasteiger partial charge in [0, 0.05) is 18.9 Å². The van der Waals surface area contributed by atoms with Gasteiger partial charge in [0.15, 0.2) is 0 Å². The molecule has 2 aromatic rings. The number of carbonyl (C=O) groups is 1. The van der Waals surface area contributed by atoms with E-state index in [0.29, 0.717) is 12.2 Å². The van der Waals surface area contributed by atoms with E-state index in [1.165, 1.54) is 5.56 Å². The molecule has 0 unspecified atom stereocenters. The van der Waals surface area contributed by atoms with Crippen LogP contribution in [0.2, 0.25) is 0 Å². The number of nitrogens with one attached hydrogen (secondary N) is 1. The Hall–Kier alpha value is -2.56. The topological polar surface area (TPSA) is 77.2 Å². The van der Waals surface area contributed by atoms with E-state index in [-0.39, 0.29) is 0 Å². The fourth-order valence-electron chi connectivity index (χ4n) is 2.25. The maximum Gasteiger partial charge on any atom is 0.407 e. The van der Waals surface area contributed by atoms with Crippen LogP contribution in [-0.4, -0.2) is 16.7 Å². The fourth-order valence-corrected chi connectivity index (χ4v) is 2.25. The van der Waals surface area contributed by atoms with E-state index in [9.17, 15) is 4.79 Å². The number of anilines is 1. The monoisotopic (exact) mass is 327 g/mol. The predicted molar refractivity (Wildman–Crippen MR) is 95.6 cm³/mol. The number of ether oxygens (including phenoxy) is 1. The molecule has 1 aromatic heterocycles. The standard InChI is InChI=1S/C19H25N3O2/c1-19(2,3)24-18(23)22-12-15-7-4-14(5-8-15)6-9-16-10-17(20)13-21-11-16/h4-5,7-8,10-11,13H,6,9,12,20H2,1-3H3,(H,22,23). The Morgan fingerprint density at radius 2 is 1.71 bits per heavy atom. The van der Waals surface area contributed by atoms with Crippen molar-refractivity contribution in [1.29, 1.82) is 0 Å². The molecular formula is C19H25N3O2. The van der Waals surface area contributed by atoms with Crippen molar-refractivity contribution < 1.29 is 9.53 Å². The molecule has 0 aliphatic rings. The Kier molecular flexibility index (Phi) is 5.79. The summed E-state index contributed by atoms with van der Waals surface area (Å²) < 4.78 is 5.21. The van der Waals surface area contributed by atoms with Crippen molar-refractivity contribution in [3.05, 3.63) is 59.4 Å². The van der Waals surface area contributed by atoms with E-state index in [0.717, 1.165) is 24.0 Å². The molecule has 1 amide bonds. The molecule has 0 atom stereocenters. The Balaban J connectivity index is 1.81. The third kappa shape index (κ3) is 6.28. The molecule has 128 valence electrons. The van der Waals surface area contributed by atoms with Crippen molar-refractivity contribution in [2.75, 3.05) is 5.73 Å². The Bertz CT molecular complexity index is 676. The van der Waals surface area contributed by atoms with Crippen LogP contribution in [-0.2, 0) is 24.1 Å². The van der Waals surface area contributed by atoms with Crippen molar-refractivity contribution in [3.63, 3.8) is 0 Å². The molecule has 0 aliphatic heterocycles. The van der Waals surface area contributed by atoms with Gasteiger partial charge >= 0.3 is 6.09 Å². The lowest BCUT2D eigenvalue weighted by Gasteiger charge is -2.19. The second kappa shape index (κ2) is 7.81. The number of aromatic nitrogens is 1. The van der Waals surface area contributed by atoms with Gasteiger partial charge in [-0.15, -0.1) is 0 Å². The van der Waals surface area contributed by atoms with Crippen molar-refractivity contribution >= 4 is 11.8 Å². The van der Waals surface area contributed by atoms with Gasteiger partial charge < -0.3 is 15.8 Å². The molecule has 2 rings (SSSR count). The summed E-state index contributed by atoms with van der Waals surface area (Å²) in [5, 5.41) is 2.76. The van der Waals surface area contributed by atoms with Crippen LogP contribution in [0, 0.1) is 0 Å². The summed E-state index contributed by atoms with van der Waals surface area (Å²) in [6.45, 7) is 5.99. The highest BCUT2D eigenvalue weighted by Gasteiger charge is 2.15. The number of amides is 1. The molecule has 0 saturated heterocycles. The van der Waals surface area contributed by atoms with Crippen LogP contribution in [0.15, 0.2) is 42.7 Å². The summed E-state index contributed by atoms with van der Waals surface area (Å²) in [5.74, 6) is 0.